The van der Waals surface area contributed by atoms with Crippen molar-refractivity contribution in [3.8, 4) is 5.75 Å². The van der Waals surface area contributed by atoms with E-state index in [-0.39, 0.29) is 0 Å². The second kappa shape index (κ2) is 5.57. The van der Waals surface area contributed by atoms with Gasteiger partial charge in [0, 0.05) is 17.9 Å². The molecule has 2 aliphatic rings. The maximum Gasteiger partial charge on any atom is 0.126 e. The number of benzene rings is 1. The van der Waals surface area contributed by atoms with Crippen molar-refractivity contribution in [3.05, 3.63) is 28.3 Å². The lowest BCUT2D eigenvalue weighted by atomic mass is 9.74. The van der Waals surface area contributed by atoms with Gasteiger partial charge in [0.2, 0.25) is 0 Å². The maximum atomic E-state index is 10.9. The number of fused-ring (bicyclic) bond motifs is 1. The summed E-state index contributed by atoms with van der Waals surface area (Å²) in [6, 6.07) is 3.96. The van der Waals surface area contributed by atoms with Crippen molar-refractivity contribution in [2.24, 2.45) is 5.92 Å². The summed E-state index contributed by atoms with van der Waals surface area (Å²) < 4.78 is 5.75. The second-order valence-electron chi connectivity index (χ2n) is 6.42. The molecule has 20 heavy (non-hydrogen) atoms. The van der Waals surface area contributed by atoms with Crippen LogP contribution in [0.2, 0.25) is 5.02 Å². The minimum absolute atomic E-state index is 0.580. The monoisotopic (exact) mass is 294 g/mol. The van der Waals surface area contributed by atoms with E-state index < -0.39 is 5.60 Å². The molecule has 2 nitrogen and oxygen atoms in total. The van der Waals surface area contributed by atoms with E-state index in [4.69, 9.17) is 16.3 Å². The Morgan fingerprint density at radius 2 is 2.30 bits per heavy atom. The zero-order valence-corrected chi connectivity index (χ0v) is 12.9. The first-order valence-corrected chi connectivity index (χ1v) is 8.14. The van der Waals surface area contributed by atoms with Gasteiger partial charge in [-0.05, 0) is 42.0 Å². The van der Waals surface area contributed by atoms with Crippen molar-refractivity contribution in [3.63, 3.8) is 0 Å². The van der Waals surface area contributed by atoms with Crippen LogP contribution < -0.4 is 4.74 Å². The molecule has 1 aromatic carbocycles. The topological polar surface area (TPSA) is 29.5 Å². The van der Waals surface area contributed by atoms with E-state index in [0.29, 0.717) is 12.3 Å². The van der Waals surface area contributed by atoms with E-state index in [9.17, 15) is 5.11 Å². The van der Waals surface area contributed by atoms with Gasteiger partial charge in [0.25, 0.3) is 0 Å². The highest BCUT2D eigenvalue weighted by Gasteiger charge is 2.35. The average molecular weight is 295 g/mol. The van der Waals surface area contributed by atoms with Crippen molar-refractivity contribution in [2.75, 3.05) is 6.61 Å². The van der Waals surface area contributed by atoms with Crippen LogP contribution in [0.15, 0.2) is 12.1 Å². The molecular weight excluding hydrogens is 272 g/mol. The van der Waals surface area contributed by atoms with Crippen LogP contribution in [0.5, 0.6) is 5.75 Å². The molecule has 1 aliphatic carbocycles. The van der Waals surface area contributed by atoms with Gasteiger partial charge in [0.15, 0.2) is 0 Å². The summed E-state index contributed by atoms with van der Waals surface area (Å²) in [5.74, 6) is 1.63. The molecule has 1 fully saturated rings. The van der Waals surface area contributed by atoms with Crippen LogP contribution in [0.3, 0.4) is 0 Å². The molecule has 0 spiro atoms. The number of hydrogen-bond donors (Lipinski definition) is 1. The van der Waals surface area contributed by atoms with Crippen molar-refractivity contribution in [1.29, 1.82) is 0 Å². The van der Waals surface area contributed by atoms with Crippen molar-refractivity contribution >= 4 is 11.6 Å². The number of ether oxygens (including phenoxy) is 1. The zero-order chi connectivity index (χ0) is 14.2. The Kier molecular flexibility index (Phi) is 3.96. The van der Waals surface area contributed by atoms with Gasteiger partial charge in [0.1, 0.15) is 5.75 Å². The molecule has 3 rings (SSSR count). The third-order valence-electron chi connectivity index (χ3n) is 4.85. The Balaban J connectivity index is 1.84. The summed E-state index contributed by atoms with van der Waals surface area (Å²) in [6.07, 6.45) is 6.94. The average Bonchev–Trinajstić information content (AvgIpc) is 2.86. The fourth-order valence-corrected chi connectivity index (χ4v) is 4.07. The quantitative estimate of drug-likeness (QED) is 0.907. The van der Waals surface area contributed by atoms with Crippen molar-refractivity contribution in [2.45, 2.75) is 57.5 Å². The second-order valence-corrected chi connectivity index (χ2v) is 6.86. The Morgan fingerprint density at radius 3 is 3.10 bits per heavy atom. The molecule has 1 saturated carbocycles. The predicted octanol–water partition coefficient (Wildman–Crippen LogP) is 4.15. The minimum atomic E-state index is -0.580. The molecule has 0 radical (unpaired) electrons. The molecule has 1 aliphatic heterocycles. The van der Waals surface area contributed by atoms with Crippen LogP contribution in [0.4, 0.5) is 0 Å². The molecule has 110 valence electrons. The lowest BCUT2D eigenvalue weighted by Crippen LogP contribution is -2.37. The van der Waals surface area contributed by atoms with Crippen LogP contribution >= 0.6 is 11.6 Å². The largest absolute Gasteiger partial charge is 0.493 e. The Bertz CT molecular complexity index is 500. The number of halogens is 1. The normalized spacial score (nSPS) is 29.1. The highest BCUT2D eigenvalue weighted by Crippen LogP contribution is 2.40. The Morgan fingerprint density at radius 1 is 1.45 bits per heavy atom. The molecule has 0 saturated heterocycles. The Labute approximate surface area is 126 Å². The van der Waals surface area contributed by atoms with Gasteiger partial charge in [-0.1, -0.05) is 37.8 Å². The van der Waals surface area contributed by atoms with E-state index in [0.717, 1.165) is 55.0 Å². The summed E-state index contributed by atoms with van der Waals surface area (Å²) in [4.78, 5) is 0. The zero-order valence-electron chi connectivity index (χ0n) is 12.1. The third-order valence-corrected chi connectivity index (χ3v) is 5.06. The van der Waals surface area contributed by atoms with Gasteiger partial charge >= 0.3 is 0 Å². The summed E-state index contributed by atoms with van der Waals surface area (Å²) in [5.41, 5.74) is 1.70. The van der Waals surface area contributed by atoms with Crippen LogP contribution in [0, 0.1) is 5.92 Å². The summed E-state index contributed by atoms with van der Waals surface area (Å²) in [5, 5.41) is 11.7. The minimum Gasteiger partial charge on any atom is -0.493 e. The molecule has 0 amide bonds. The van der Waals surface area contributed by atoms with Crippen LogP contribution in [0.25, 0.3) is 0 Å². The van der Waals surface area contributed by atoms with Crippen LogP contribution in [-0.2, 0) is 12.8 Å². The number of rotatable bonds is 3. The SMILES string of the molecule is CCC1CCCC(O)(Cc2cc(Cl)cc3c2OCC3)C1. The third kappa shape index (κ3) is 2.82. The number of hydrogen-bond acceptors (Lipinski definition) is 2. The summed E-state index contributed by atoms with van der Waals surface area (Å²) in [7, 11) is 0. The van der Waals surface area contributed by atoms with Crippen LogP contribution in [0.1, 0.15) is 50.2 Å². The standard InChI is InChI=1S/C17H23ClO2/c1-2-12-4-3-6-17(19,10-12)11-14-9-15(18)8-13-5-7-20-16(13)14/h8-9,12,19H,2-7,10-11H2,1H3. The molecule has 2 unspecified atom stereocenters. The predicted molar refractivity (Wildman–Crippen MR) is 81.6 cm³/mol. The molecule has 1 aromatic rings. The number of aliphatic hydroxyl groups is 1. The molecular formula is C17H23ClO2. The molecule has 0 bridgehead atoms. The molecule has 0 aromatic heterocycles. The van der Waals surface area contributed by atoms with E-state index in [1.165, 1.54) is 12.0 Å². The van der Waals surface area contributed by atoms with Gasteiger partial charge in [-0.25, -0.2) is 0 Å². The fourth-order valence-electron chi connectivity index (χ4n) is 3.80. The van der Waals surface area contributed by atoms with E-state index in [1.807, 2.05) is 12.1 Å². The first-order valence-electron chi connectivity index (χ1n) is 7.76. The summed E-state index contributed by atoms with van der Waals surface area (Å²) in [6.45, 7) is 2.95. The van der Waals surface area contributed by atoms with Gasteiger partial charge in [-0.2, -0.15) is 0 Å². The highest BCUT2D eigenvalue weighted by molar-refractivity contribution is 6.30. The molecule has 1 heterocycles. The van der Waals surface area contributed by atoms with Crippen LogP contribution in [-0.4, -0.2) is 17.3 Å². The van der Waals surface area contributed by atoms with Crippen molar-refractivity contribution in [1.82, 2.24) is 0 Å². The van der Waals surface area contributed by atoms with Gasteiger partial charge in [-0.15, -0.1) is 0 Å². The smallest absolute Gasteiger partial charge is 0.126 e. The molecule has 1 N–H and O–H groups in total. The van der Waals surface area contributed by atoms with Gasteiger partial charge < -0.3 is 9.84 Å². The van der Waals surface area contributed by atoms with Crippen molar-refractivity contribution < 1.29 is 9.84 Å². The molecule has 2 atom stereocenters. The Hall–Kier alpha value is -0.730. The maximum absolute atomic E-state index is 10.9. The fraction of sp³-hybridized carbons (Fsp3) is 0.647. The lowest BCUT2D eigenvalue weighted by Gasteiger charge is -2.37. The first kappa shape index (κ1) is 14.2. The van der Waals surface area contributed by atoms with E-state index >= 15 is 0 Å². The van der Waals surface area contributed by atoms with Gasteiger partial charge in [0.05, 0.1) is 12.2 Å². The van der Waals surface area contributed by atoms with E-state index in [1.54, 1.807) is 0 Å². The first-order chi connectivity index (χ1) is 9.59. The van der Waals surface area contributed by atoms with E-state index in [2.05, 4.69) is 6.92 Å². The lowest BCUT2D eigenvalue weighted by molar-refractivity contribution is -0.0165. The summed E-state index contributed by atoms with van der Waals surface area (Å²) >= 11 is 6.21. The van der Waals surface area contributed by atoms with Gasteiger partial charge in [-0.3, -0.25) is 0 Å². The highest BCUT2D eigenvalue weighted by atomic mass is 35.5. The molecule has 3 heteroatoms.